The van der Waals surface area contributed by atoms with Crippen molar-refractivity contribution < 1.29 is 60.9 Å². The van der Waals surface area contributed by atoms with Crippen LogP contribution in [0.2, 0.25) is 0 Å². The van der Waals surface area contributed by atoms with E-state index in [-0.39, 0.29) is 42.3 Å². The summed E-state index contributed by atoms with van der Waals surface area (Å²) in [5.41, 5.74) is 3.42. The molecule has 0 aliphatic heterocycles. The number of hydrogen-bond donors (Lipinski definition) is 2. The summed E-state index contributed by atoms with van der Waals surface area (Å²) < 4.78 is 11.3. The van der Waals surface area contributed by atoms with E-state index < -0.39 is 8.25 Å². The monoisotopic (exact) mass is 278 g/mol. The Balaban J connectivity index is -0.000000122. The summed E-state index contributed by atoms with van der Waals surface area (Å²) in [6.07, 6.45) is 0.871. The topological polar surface area (TPSA) is 129 Å². The zero-order valence-corrected chi connectivity index (χ0v) is 13.7. The summed E-state index contributed by atoms with van der Waals surface area (Å²) in [6.45, 7) is 7.36. The first-order valence-electron chi connectivity index (χ1n) is 4.83. The van der Waals surface area contributed by atoms with Gasteiger partial charge < -0.3 is 22.6 Å². The molecule has 0 aliphatic rings. The number of nitrogens with one attached hydrogen (secondary N) is 1. The molecule has 7 nitrogen and oxygen atoms in total. The summed E-state index contributed by atoms with van der Waals surface area (Å²) in [6, 6.07) is 0. The van der Waals surface area contributed by atoms with Gasteiger partial charge in [-0.1, -0.05) is 20.8 Å². The summed E-state index contributed by atoms with van der Waals surface area (Å²) in [5.74, 6) is 0.128. The van der Waals surface area contributed by atoms with Crippen LogP contribution in [0.15, 0.2) is 0 Å². The van der Waals surface area contributed by atoms with Crippen molar-refractivity contribution in [3.05, 3.63) is 0 Å². The molecular weight excluding hydrogens is 258 g/mol. The van der Waals surface area contributed by atoms with Crippen LogP contribution in [-0.2, 0) is 14.0 Å². The van der Waals surface area contributed by atoms with E-state index in [1.165, 1.54) is 0 Å². The molecule has 98 valence electrons. The van der Waals surface area contributed by atoms with Gasteiger partial charge in [-0.3, -0.25) is 4.79 Å². The first-order valence-corrected chi connectivity index (χ1v) is 5.93. The van der Waals surface area contributed by atoms with Crippen molar-refractivity contribution in [2.75, 3.05) is 13.1 Å². The fraction of sp³-hybridized carbons (Fsp3) is 0.875. The zero-order chi connectivity index (χ0) is 13.2. The standard InChI is InChI=1S/C8H18N2O.Na.HO4P.H/c1-4-8(2,3)7(11)10-6-5-9;;1-4-5(2)3;/h4-6,9H2,1-3H3,(H,10,11);;1H;/q;+1;;-1. The number of carbonyl (C=O) groups excluding carboxylic acids is 1. The van der Waals surface area contributed by atoms with E-state index in [9.17, 15) is 4.79 Å². The Kier molecular flexibility index (Phi) is 17.1. The van der Waals surface area contributed by atoms with Crippen LogP contribution in [0.1, 0.15) is 28.6 Å². The second-order valence-corrected chi connectivity index (χ2v) is 4.24. The number of amides is 1. The van der Waals surface area contributed by atoms with Crippen molar-refractivity contribution in [1.82, 2.24) is 5.32 Å². The maximum absolute atomic E-state index is 11.3. The summed E-state index contributed by atoms with van der Waals surface area (Å²) >= 11 is 0. The minimum atomic E-state index is -3.15. The Hall–Kier alpha value is 0.410. The van der Waals surface area contributed by atoms with Crippen molar-refractivity contribution in [1.29, 1.82) is 0 Å². The van der Waals surface area contributed by atoms with E-state index in [4.69, 9.17) is 14.7 Å². The third-order valence-corrected chi connectivity index (χ3v) is 2.14. The third kappa shape index (κ3) is 14.3. The summed E-state index contributed by atoms with van der Waals surface area (Å²) in [5, 5.41) is 11.4. The number of carbonyl (C=O) groups is 1. The summed E-state index contributed by atoms with van der Waals surface area (Å²) in [7, 11) is -3.15. The molecule has 1 amide bonds. The molecule has 0 aliphatic carbocycles. The van der Waals surface area contributed by atoms with Gasteiger partial charge in [0.05, 0.1) is 13.1 Å². The zero-order valence-electron chi connectivity index (χ0n) is 11.8. The molecular formula is C8H20N2NaO5P. The van der Waals surface area contributed by atoms with Gasteiger partial charge in [0.25, 0.3) is 0 Å². The number of hydrogen-bond acceptors (Lipinski definition) is 5. The molecule has 0 aromatic heterocycles. The van der Waals surface area contributed by atoms with Crippen LogP contribution in [0.3, 0.4) is 0 Å². The Morgan fingerprint density at radius 1 is 1.59 bits per heavy atom. The minimum absolute atomic E-state index is 0. The van der Waals surface area contributed by atoms with Gasteiger partial charge in [0.2, 0.25) is 5.91 Å². The molecule has 0 radical (unpaired) electrons. The van der Waals surface area contributed by atoms with Crippen LogP contribution in [0.4, 0.5) is 0 Å². The quantitative estimate of drug-likeness (QED) is 0.225. The van der Waals surface area contributed by atoms with E-state index in [1.54, 1.807) is 0 Å². The Morgan fingerprint density at radius 2 is 2.00 bits per heavy atom. The molecule has 17 heavy (non-hydrogen) atoms. The largest absolute Gasteiger partial charge is 1.00 e. The van der Waals surface area contributed by atoms with E-state index in [1.807, 2.05) is 20.8 Å². The Bertz CT molecular complexity index is 234. The Labute approximate surface area is 126 Å². The van der Waals surface area contributed by atoms with Gasteiger partial charge in [-0.25, -0.2) is 4.67 Å². The normalized spacial score (nSPS) is 10.6. The van der Waals surface area contributed by atoms with Crippen LogP contribution in [0.25, 0.3) is 0 Å². The first-order chi connectivity index (χ1) is 7.31. The average molecular weight is 278 g/mol. The van der Waals surface area contributed by atoms with Crippen molar-refractivity contribution in [2.24, 2.45) is 5.41 Å². The SMILES string of the molecule is CCC(C)(C)C(=O)NCC[NH3+].O=[P+]([O-])O[O-].[H-].[Na+]. The van der Waals surface area contributed by atoms with Gasteiger partial charge in [0.1, 0.15) is 0 Å². The van der Waals surface area contributed by atoms with Gasteiger partial charge in [-0.2, -0.15) is 0 Å². The van der Waals surface area contributed by atoms with Crippen LogP contribution in [0.5, 0.6) is 0 Å². The molecule has 0 spiro atoms. The first kappa shape index (κ1) is 22.6. The number of quaternary nitrogens is 1. The van der Waals surface area contributed by atoms with Crippen LogP contribution in [0, 0.1) is 5.41 Å². The molecule has 0 fully saturated rings. The second-order valence-electron chi connectivity index (χ2n) is 3.65. The van der Waals surface area contributed by atoms with Gasteiger partial charge >= 0.3 is 37.8 Å². The smallest absolute Gasteiger partial charge is 1.00 e. The van der Waals surface area contributed by atoms with Crippen molar-refractivity contribution in [3.63, 3.8) is 0 Å². The molecule has 1 atom stereocenters. The third-order valence-electron chi connectivity index (χ3n) is 2.02. The molecule has 0 aromatic carbocycles. The van der Waals surface area contributed by atoms with Gasteiger partial charge in [-0.15, -0.1) is 0 Å². The molecule has 4 N–H and O–H groups in total. The Morgan fingerprint density at radius 3 is 2.24 bits per heavy atom. The van der Waals surface area contributed by atoms with Crippen LogP contribution >= 0.6 is 8.25 Å². The minimum Gasteiger partial charge on any atom is -1.00 e. The predicted octanol–water partition coefficient (Wildman–Crippen LogP) is -4.81. The molecule has 1 unspecified atom stereocenters. The molecule has 0 saturated carbocycles. The van der Waals surface area contributed by atoms with E-state index >= 15 is 0 Å². The van der Waals surface area contributed by atoms with E-state index in [0.717, 1.165) is 13.0 Å². The fourth-order valence-electron chi connectivity index (χ4n) is 0.602. The van der Waals surface area contributed by atoms with Crippen molar-refractivity contribution in [3.8, 4) is 0 Å². The molecule has 0 saturated heterocycles. The van der Waals surface area contributed by atoms with Crippen molar-refractivity contribution >= 4 is 14.2 Å². The molecule has 0 aromatic rings. The fourth-order valence-corrected chi connectivity index (χ4v) is 0.602. The predicted molar refractivity (Wildman–Crippen MR) is 54.6 cm³/mol. The van der Waals surface area contributed by atoms with Gasteiger partial charge in [0, 0.05) is 5.41 Å². The van der Waals surface area contributed by atoms with E-state index in [0.29, 0.717) is 6.54 Å². The van der Waals surface area contributed by atoms with Gasteiger partial charge in [0.15, 0.2) is 0 Å². The molecule has 0 bridgehead atoms. The number of rotatable bonds is 5. The van der Waals surface area contributed by atoms with Crippen LogP contribution < -0.4 is 50.8 Å². The van der Waals surface area contributed by atoms with E-state index in [2.05, 4.69) is 15.7 Å². The maximum Gasteiger partial charge on any atom is 1.00 e. The molecule has 0 rings (SSSR count). The molecule has 9 heteroatoms. The second kappa shape index (κ2) is 12.9. The maximum atomic E-state index is 11.3. The van der Waals surface area contributed by atoms with Gasteiger partial charge in [-0.05, 0) is 11.0 Å². The summed E-state index contributed by atoms with van der Waals surface area (Å²) in [4.78, 5) is 20.2. The van der Waals surface area contributed by atoms with Crippen molar-refractivity contribution in [2.45, 2.75) is 27.2 Å². The van der Waals surface area contributed by atoms with Crippen LogP contribution in [-0.4, -0.2) is 19.0 Å². The molecule has 0 heterocycles. The average Bonchev–Trinajstić information content (AvgIpc) is 2.26.